The molecular weight excluding hydrogens is 330 g/mol. The third-order valence-electron chi connectivity index (χ3n) is 2.83. The Labute approximate surface area is 131 Å². The summed E-state index contributed by atoms with van der Waals surface area (Å²) in [5.74, 6) is -0.215. The molecule has 1 amide bonds. The van der Waals surface area contributed by atoms with Gasteiger partial charge in [-0.15, -0.1) is 0 Å². The number of rotatable bonds is 4. The number of carbonyl (C=O) groups excluding carboxylic acids is 2. The Balaban J connectivity index is 1.99. The lowest BCUT2D eigenvalue weighted by Crippen LogP contribution is -2.07. The summed E-state index contributed by atoms with van der Waals surface area (Å²) in [4.78, 5) is 23.0. The van der Waals surface area contributed by atoms with E-state index in [9.17, 15) is 9.59 Å². The van der Waals surface area contributed by atoms with Crippen LogP contribution in [0.2, 0.25) is 0 Å². The molecule has 0 unspecified atom stereocenters. The molecule has 4 heteroatoms. The second-order valence-corrected chi connectivity index (χ2v) is 5.43. The van der Waals surface area contributed by atoms with Crippen LogP contribution in [-0.2, 0) is 4.79 Å². The topological polar surface area (TPSA) is 46.2 Å². The van der Waals surface area contributed by atoms with Gasteiger partial charge in [-0.3, -0.25) is 9.59 Å². The van der Waals surface area contributed by atoms with Gasteiger partial charge in [0.25, 0.3) is 0 Å². The lowest BCUT2D eigenvalue weighted by molar-refractivity contribution is -0.111. The van der Waals surface area contributed by atoms with Crippen molar-refractivity contribution < 1.29 is 9.59 Å². The number of hydrogen-bond acceptors (Lipinski definition) is 2. The predicted molar refractivity (Wildman–Crippen MR) is 88.3 cm³/mol. The second kappa shape index (κ2) is 6.99. The smallest absolute Gasteiger partial charge is 0.248 e. The fourth-order valence-electron chi connectivity index (χ4n) is 1.75. The Hall–Kier alpha value is -2.20. The highest BCUT2D eigenvalue weighted by Gasteiger charge is 2.01. The summed E-state index contributed by atoms with van der Waals surface area (Å²) >= 11 is 3.38. The van der Waals surface area contributed by atoms with Crippen LogP contribution in [0.25, 0.3) is 6.08 Å². The number of nitrogens with one attached hydrogen (secondary N) is 1. The lowest BCUT2D eigenvalue weighted by Gasteiger charge is -2.03. The summed E-state index contributed by atoms with van der Waals surface area (Å²) in [6, 6.07) is 14.5. The first kappa shape index (κ1) is 15.2. The molecule has 0 aliphatic heterocycles. The average molecular weight is 344 g/mol. The molecule has 1 N–H and O–H groups in total. The van der Waals surface area contributed by atoms with E-state index in [4.69, 9.17) is 0 Å². The van der Waals surface area contributed by atoms with Gasteiger partial charge in [-0.2, -0.15) is 0 Å². The van der Waals surface area contributed by atoms with Gasteiger partial charge < -0.3 is 5.32 Å². The van der Waals surface area contributed by atoms with E-state index < -0.39 is 0 Å². The van der Waals surface area contributed by atoms with E-state index in [2.05, 4.69) is 21.2 Å². The second-order valence-electron chi connectivity index (χ2n) is 4.51. The summed E-state index contributed by atoms with van der Waals surface area (Å²) in [6.45, 7) is 1.51. The van der Waals surface area contributed by atoms with Crippen molar-refractivity contribution in [3.63, 3.8) is 0 Å². The van der Waals surface area contributed by atoms with Gasteiger partial charge in [-0.1, -0.05) is 28.1 Å². The molecule has 106 valence electrons. The first-order chi connectivity index (χ1) is 10.0. The number of Topliss-reactive ketones (excluding diaryl/α,β-unsaturated/α-hetero) is 1. The molecule has 0 aromatic heterocycles. The van der Waals surface area contributed by atoms with Gasteiger partial charge in [-0.25, -0.2) is 0 Å². The molecular formula is C17H14BrNO2. The first-order valence-corrected chi connectivity index (χ1v) is 7.19. The molecule has 0 heterocycles. The molecule has 2 aromatic rings. The van der Waals surface area contributed by atoms with E-state index in [1.807, 2.05) is 24.3 Å². The molecule has 0 saturated heterocycles. The lowest BCUT2D eigenvalue weighted by atomic mass is 10.1. The van der Waals surface area contributed by atoms with Crippen molar-refractivity contribution in [1.29, 1.82) is 0 Å². The van der Waals surface area contributed by atoms with Crippen molar-refractivity contribution in [3.05, 3.63) is 70.2 Å². The van der Waals surface area contributed by atoms with Crippen molar-refractivity contribution >= 4 is 39.4 Å². The normalized spacial score (nSPS) is 10.6. The van der Waals surface area contributed by atoms with Crippen LogP contribution in [0.4, 0.5) is 5.69 Å². The van der Waals surface area contributed by atoms with Crippen molar-refractivity contribution in [3.8, 4) is 0 Å². The monoisotopic (exact) mass is 343 g/mol. The molecule has 0 atom stereocenters. The van der Waals surface area contributed by atoms with Gasteiger partial charge >= 0.3 is 0 Å². The van der Waals surface area contributed by atoms with Crippen LogP contribution in [0.15, 0.2) is 59.1 Å². The first-order valence-electron chi connectivity index (χ1n) is 6.40. The number of carbonyl (C=O) groups is 2. The highest BCUT2D eigenvalue weighted by Crippen LogP contribution is 2.13. The summed E-state index contributed by atoms with van der Waals surface area (Å²) in [5, 5.41) is 2.74. The minimum absolute atomic E-state index is 0.00225. The highest BCUT2D eigenvalue weighted by atomic mass is 79.9. The standard InChI is InChI=1S/C17H14BrNO2/c1-12(20)14-6-8-16(9-7-14)19-17(21)10-5-13-3-2-4-15(18)11-13/h2-11H,1H3,(H,19,21)/b10-5+. The molecule has 0 aliphatic rings. The Morgan fingerprint density at radius 3 is 2.43 bits per heavy atom. The van der Waals surface area contributed by atoms with E-state index in [0.717, 1.165) is 10.0 Å². The maximum absolute atomic E-state index is 11.8. The van der Waals surface area contributed by atoms with Crippen molar-refractivity contribution in [2.75, 3.05) is 5.32 Å². The molecule has 0 spiro atoms. The van der Waals surface area contributed by atoms with Gasteiger partial charge in [0.05, 0.1) is 0 Å². The van der Waals surface area contributed by atoms with Crippen molar-refractivity contribution in [2.45, 2.75) is 6.92 Å². The minimum Gasteiger partial charge on any atom is -0.323 e. The van der Waals surface area contributed by atoms with Gasteiger partial charge in [0.2, 0.25) is 5.91 Å². The number of hydrogen-bond donors (Lipinski definition) is 1. The molecule has 21 heavy (non-hydrogen) atoms. The van der Waals surface area contributed by atoms with Gasteiger partial charge in [0.1, 0.15) is 0 Å². The van der Waals surface area contributed by atoms with Crippen LogP contribution in [0.5, 0.6) is 0 Å². The maximum Gasteiger partial charge on any atom is 0.248 e. The van der Waals surface area contributed by atoms with Crippen LogP contribution in [0.1, 0.15) is 22.8 Å². The van der Waals surface area contributed by atoms with E-state index in [1.54, 1.807) is 30.3 Å². The Bertz CT molecular complexity index is 690. The zero-order valence-corrected chi connectivity index (χ0v) is 13.1. The molecule has 0 fully saturated rings. The fourth-order valence-corrected chi connectivity index (χ4v) is 2.17. The van der Waals surface area contributed by atoms with Gasteiger partial charge in [0, 0.05) is 21.8 Å². The zero-order chi connectivity index (χ0) is 15.2. The molecule has 0 aliphatic carbocycles. The third kappa shape index (κ3) is 4.68. The summed E-state index contributed by atoms with van der Waals surface area (Å²) in [7, 11) is 0. The SMILES string of the molecule is CC(=O)c1ccc(NC(=O)/C=C/c2cccc(Br)c2)cc1. The van der Waals surface area contributed by atoms with Crippen LogP contribution in [0.3, 0.4) is 0 Å². The van der Waals surface area contributed by atoms with E-state index >= 15 is 0 Å². The molecule has 2 rings (SSSR count). The van der Waals surface area contributed by atoms with Crippen molar-refractivity contribution in [2.24, 2.45) is 0 Å². The summed E-state index contributed by atoms with van der Waals surface area (Å²) < 4.78 is 0.963. The quantitative estimate of drug-likeness (QED) is 0.664. The fraction of sp³-hybridized carbons (Fsp3) is 0.0588. The van der Waals surface area contributed by atoms with Gasteiger partial charge in [-0.05, 0) is 55.0 Å². The van der Waals surface area contributed by atoms with E-state index in [1.165, 1.54) is 13.0 Å². The molecule has 0 saturated carbocycles. The Morgan fingerprint density at radius 1 is 1.10 bits per heavy atom. The highest BCUT2D eigenvalue weighted by molar-refractivity contribution is 9.10. The largest absolute Gasteiger partial charge is 0.323 e. The summed E-state index contributed by atoms with van der Waals surface area (Å²) in [5.41, 5.74) is 2.22. The number of halogens is 1. The molecule has 3 nitrogen and oxygen atoms in total. The Kier molecular flexibility index (Phi) is 5.06. The van der Waals surface area contributed by atoms with E-state index in [0.29, 0.717) is 11.3 Å². The Morgan fingerprint density at radius 2 is 1.81 bits per heavy atom. The third-order valence-corrected chi connectivity index (χ3v) is 3.33. The minimum atomic E-state index is -0.217. The van der Waals surface area contributed by atoms with Crippen LogP contribution in [-0.4, -0.2) is 11.7 Å². The number of benzene rings is 2. The van der Waals surface area contributed by atoms with Crippen LogP contribution < -0.4 is 5.32 Å². The average Bonchev–Trinajstić information content (AvgIpc) is 2.46. The predicted octanol–water partition coefficient (Wildman–Crippen LogP) is 4.30. The zero-order valence-electron chi connectivity index (χ0n) is 11.5. The van der Waals surface area contributed by atoms with E-state index in [-0.39, 0.29) is 11.7 Å². The molecule has 2 aromatic carbocycles. The van der Waals surface area contributed by atoms with Crippen LogP contribution in [0, 0.1) is 0 Å². The number of anilines is 1. The molecule has 0 bridgehead atoms. The summed E-state index contributed by atoms with van der Waals surface area (Å²) in [6.07, 6.45) is 3.21. The van der Waals surface area contributed by atoms with Gasteiger partial charge in [0.15, 0.2) is 5.78 Å². The number of ketones is 1. The molecule has 0 radical (unpaired) electrons. The number of amides is 1. The maximum atomic E-state index is 11.8. The van der Waals surface area contributed by atoms with Crippen LogP contribution >= 0.6 is 15.9 Å². The van der Waals surface area contributed by atoms with Crippen molar-refractivity contribution in [1.82, 2.24) is 0 Å².